The van der Waals surface area contributed by atoms with Crippen molar-refractivity contribution in [1.82, 2.24) is 4.90 Å². The molecule has 0 radical (unpaired) electrons. The van der Waals surface area contributed by atoms with E-state index in [2.05, 4.69) is 22.5 Å². The Labute approximate surface area is 243 Å². The molecule has 1 fully saturated rings. The first-order valence-electron chi connectivity index (χ1n) is 11.9. The molecule has 0 spiro atoms. The zero-order chi connectivity index (χ0) is 27.5. The van der Waals surface area contributed by atoms with Crippen molar-refractivity contribution in [2.45, 2.75) is 19.6 Å². The van der Waals surface area contributed by atoms with Crippen molar-refractivity contribution in [3.8, 4) is 23.0 Å². The Hall–Kier alpha value is -3.40. The van der Waals surface area contributed by atoms with Gasteiger partial charge in [0.2, 0.25) is 6.79 Å². The molecule has 0 aliphatic carbocycles. The van der Waals surface area contributed by atoms with E-state index in [1.165, 1.54) is 0 Å². The summed E-state index contributed by atoms with van der Waals surface area (Å²) >= 11 is 10.7. The first kappa shape index (κ1) is 27.2. The number of amides is 2. The van der Waals surface area contributed by atoms with Gasteiger partial charge in [-0.3, -0.25) is 14.5 Å². The number of imide groups is 1. The molecule has 3 aromatic rings. The Morgan fingerprint density at radius 1 is 1.10 bits per heavy atom. The van der Waals surface area contributed by atoms with Crippen molar-refractivity contribution in [1.29, 1.82) is 0 Å². The minimum absolute atomic E-state index is 0.0192. The highest BCUT2D eigenvalue weighted by atomic mass is 79.9. The number of allylic oxidation sites excluding steroid dienone is 1. The Bertz CT molecular complexity index is 1490. The van der Waals surface area contributed by atoms with E-state index in [0.717, 1.165) is 32.3 Å². The van der Waals surface area contributed by atoms with Crippen molar-refractivity contribution < 1.29 is 28.5 Å². The Balaban J connectivity index is 1.38. The second-order valence-corrected chi connectivity index (χ2v) is 11.0. The second-order valence-electron chi connectivity index (χ2n) is 8.68. The smallest absolute Gasteiger partial charge is 0.293 e. The number of fused-ring (bicyclic) bond motifs is 1. The summed E-state index contributed by atoms with van der Waals surface area (Å²) in [6.45, 7) is 4.34. The van der Waals surface area contributed by atoms with Crippen LogP contribution < -0.4 is 18.9 Å². The van der Waals surface area contributed by atoms with Gasteiger partial charge in [0.1, 0.15) is 6.61 Å². The predicted octanol–water partition coefficient (Wildman–Crippen LogP) is 7.38. The van der Waals surface area contributed by atoms with Gasteiger partial charge < -0.3 is 18.9 Å². The number of hydrogen-bond donors (Lipinski definition) is 0. The number of nitrogens with zero attached hydrogens (tertiary/aromatic N) is 1. The van der Waals surface area contributed by atoms with Crippen molar-refractivity contribution >= 4 is 56.5 Å². The normalized spacial score (nSPS) is 15.3. The number of rotatable bonds is 9. The molecule has 10 heteroatoms. The van der Waals surface area contributed by atoms with E-state index in [9.17, 15) is 9.59 Å². The van der Waals surface area contributed by atoms with Crippen molar-refractivity contribution in [3.63, 3.8) is 0 Å². The summed E-state index contributed by atoms with van der Waals surface area (Å²) in [7, 11) is 1.56. The van der Waals surface area contributed by atoms with E-state index in [1.54, 1.807) is 37.5 Å². The zero-order valence-electron chi connectivity index (χ0n) is 20.9. The molecule has 0 N–H and O–H groups in total. The summed E-state index contributed by atoms with van der Waals surface area (Å²) in [6.07, 6.45) is 3.98. The average molecular weight is 629 g/mol. The standard InChI is InChI=1S/C29H23BrClNO6S/c1-3-4-19-9-18(10-25(35-2)27(19)36-15-17-5-7-21(30)8-6-17)11-26-28(33)32(29(34)39-26)14-20-12-23-24(13-22(20)31)38-16-37-23/h3,5-13H,1,4,14-16H2,2H3/b26-11-. The van der Waals surface area contributed by atoms with Gasteiger partial charge in [-0.2, -0.15) is 0 Å². The molecule has 200 valence electrons. The van der Waals surface area contributed by atoms with Gasteiger partial charge in [-0.15, -0.1) is 6.58 Å². The largest absolute Gasteiger partial charge is 0.493 e. The lowest BCUT2D eigenvalue weighted by atomic mass is 10.0. The molecule has 0 atom stereocenters. The highest BCUT2D eigenvalue weighted by molar-refractivity contribution is 9.10. The van der Waals surface area contributed by atoms with Crippen LogP contribution in [0, 0.1) is 0 Å². The minimum Gasteiger partial charge on any atom is -0.493 e. The van der Waals surface area contributed by atoms with E-state index in [-0.39, 0.29) is 18.6 Å². The molecule has 7 nitrogen and oxygen atoms in total. The van der Waals surface area contributed by atoms with Gasteiger partial charge >= 0.3 is 0 Å². The summed E-state index contributed by atoms with van der Waals surface area (Å²) in [5.74, 6) is 1.78. The third-order valence-electron chi connectivity index (χ3n) is 6.08. The maximum atomic E-state index is 13.2. The number of hydrogen-bond acceptors (Lipinski definition) is 7. The third kappa shape index (κ3) is 5.95. The monoisotopic (exact) mass is 627 g/mol. The summed E-state index contributed by atoms with van der Waals surface area (Å²) in [5.41, 5.74) is 3.14. The number of carbonyl (C=O) groups is 2. The van der Waals surface area contributed by atoms with Crippen LogP contribution in [0.5, 0.6) is 23.0 Å². The van der Waals surface area contributed by atoms with Crippen LogP contribution in [0.25, 0.3) is 6.08 Å². The summed E-state index contributed by atoms with van der Waals surface area (Å²) in [4.78, 5) is 27.5. The molecule has 39 heavy (non-hydrogen) atoms. The molecule has 0 bridgehead atoms. The molecule has 0 unspecified atom stereocenters. The predicted molar refractivity (Wildman–Crippen MR) is 154 cm³/mol. The Morgan fingerprint density at radius 2 is 1.85 bits per heavy atom. The molecule has 3 aromatic carbocycles. The zero-order valence-corrected chi connectivity index (χ0v) is 24.0. The van der Waals surface area contributed by atoms with Crippen LogP contribution in [0.15, 0.2) is 70.6 Å². The Kier molecular flexibility index (Phi) is 8.20. The van der Waals surface area contributed by atoms with Crippen LogP contribution in [0.2, 0.25) is 5.02 Å². The van der Waals surface area contributed by atoms with E-state index < -0.39 is 5.91 Å². The van der Waals surface area contributed by atoms with Crippen LogP contribution in [-0.2, 0) is 24.4 Å². The molecule has 2 aliphatic rings. The van der Waals surface area contributed by atoms with Gasteiger partial charge in [-0.25, -0.2) is 0 Å². The quantitative estimate of drug-likeness (QED) is 0.181. The molecule has 1 saturated heterocycles. The van der Waals surface area contributed by atoms with Gasteiger partial charge in [0.05, 0.1) is 18.6 Å². The van der Waals surface area contributed by atoms with Crippen LogP contribution in [0.1, 0.15) is 22.3 Å². The molecule has 5 rings (SSSR count). The highest BCUT2D eigenvalue weighted by Crippen LogP contribution is 2.40. The fourth-order valence-electron chi connectivity index (χ4n) is 4.16. The Morgan fingerprint density at radius 3 is 2.56 bits per heavy atom. The number of methoxy groups -OCH3 is 1. The van der Waals surface area contributed by atoms with E-state index in [1.807, 2.05) is 30.3 Å². The number of thioether (sulfide) groups is 1. The van der Waals surface area contributed by atoms with E-state index in [4.69, 9.17) is 30.5 Å². The summed E-state index contributed by atoms with van der Waals surface area (Å²) in [5, 5.41) is 0.00697. The third-order valence-corrected chi connectivity index (χ3v) is 7.86. The summed E-state index contributed by atoms with van der Waals surface area (Å²) in [6, 6.07) is 14.9. The van der Waals surface area contributed by atoms with Gasteiger partial charge in [0.15, 0.2) is 23.0 Å². The fourth-order valence-corrected chi connectivity index (χ4v) is 5.48. The molecule has 2 aliphatic heterocycles. The van der Waals surface area contributed by atoms with Gasteiger partial charge in [-0.1, -0.05) is 45.7 Å². The van der Waals surface area contributed by atoms with E-state index in [0.29, 0.717) is 57.1 Å². The number of halogens is 2. The lowest BCUT2D eigenvalue weighted by molar-refractivity contribution is -0.123. The van der Waals surface area contributed by atoms with Crippen LogP contribution in [0.3, 0.4) is 0 Å². The van der Waals surface area contributed by atoms with Crippen molar-refractivity contribution in [2.75, 3.05) is 13.9 Å². The van der Waals surface area contributed by atoms with Crippen LogP contribution >= 0.6 is 39.3 Å². The maximum absolute atomic E-state index is 13.2. The second kappa shape index (κ2) is 11.8. The molecular weight excluding hydrogens is 606 g/mol. The maximum Gasteiger partial charge on any atom is 0.293 e. The average Bonchev–Trinajstić information content (AvgIpc) is 3.48. The summed E-state index contributed by atoms with van der Waals surface area (Å²) < 4.78 is 23.5. The molecule has 2 amide bonds. The van der Waals surface area contributed by atoms with Crippen LogP contribution in [-0.4, -0.2) is 29.9 Å². The molecule has 2 heterocycles. The van der Waals surface area contributed by atoms with Crippen molar-refractivity contribution in [3.05, 3.63) is 97.8 Å². The molecule has 0 aromatic heterocycles. The van der Waals surface area contributed by atoms with E-state index >= 15 is 0 Å². The molecule has 0 saturated carbocycles. The number of benzene rings is 3. The minimum atomic E-state index is -0.404. The molecular formula is C29H23BrClNO6S. The van der Waals surface area contributed by atoms with Gasteiger partial charge in [-0.05, 0) is 71.3 Å². The SMILES string of the molecule is C=CCc1cc(/C=C2\SC(=O)N(Cc3cc4c(cc3Cl)OCO4)C2=O)cc(OC)c1OCc1ccc(Br)cc1. The van der Waals surface area contributed by atoms with Crippen molar-refractivity contribution in [2.24, 2.45) is 0 Å². The van der Waals surface area contributed by atoms with Gasteiger partial charge in [0, 0.05) is 21.1 Å². The first-order chi connectivity index (χ1) is 18.9. The fraction of sp³-hybridized carbons (Fsp3) is 0.172. The topological polar surface area (TPSA) is 74.3 Å². The highest BCUT2D eigenvalue weighted by Gasteiger charge is 2.36. The lowest BCUT2D eigenvalue weighted by Crippen LogP contribution is -2.27. The lowest BCUT2D eigenvalue weighted by Gasteiger charge is -2.16. The number of carbonyl (C=O) groups excluding carboxylic acids is 2. The van der Waals surface area contributed by atoms with Crippen LogP contribution in [0.4, 0.5) is 4.79 Å². The first-order valence-corrected chi connectivity index (χ1v) is 13.9. The van der Waals surface area contributed by atoms with Gasteiger partial charge in [0.25, 0.3) is 11.1 Å². The number of ether oxygens (including phenoxy) is 4.